The summed E-state index contributed by atoms with van der Waals surface area (Å²) in [4.78, 5) is -0.162. The molecule has 0 aromatic heterocycles. The highest BCUT2D eigenvalue weighted by Gasteiger charge is 2.25. The Labute approximate surface area is 159 Å². The molecule has 0 aliphatic heterocycles. The van der Waals surface area contributed by atoms with Crippen LogP contribution in [-0.2, 0) is 26.6 Å². The highest BCUT2D eigenvalue weighted by molar-refractivity contribution is 7.92. The van der Waals surface area contributed by atoms with Crippen LogP contribution < -0.4 is 9.44 Å². The fourth-order valence-electron chi connectivity index (χ4n) is 2.59. The first-order valence-corrected chi connectivity index (χ1v) is 11.0. The van der Waals surface area contributed by atoms with Gasteiger partial charge in [-0.25, -0.2) is 22.0 Å². The average Bonchev–Trinajstić information content (AvgIpc) is 2.67. The van der Waals surface area contributed by atoms with Crippen LogP contribution in [0.15, 0.2) is 94.7 Å². The summed E-state index contributed by atoms with van der Waals surface area (Å²) < 4.78 is 50.6. The maximum Gasteiger partial charge on any atom is 0.264 e. The predicted octanol–water partition coefficient (Wildman–Crippen LogP) is 2.73. The van der Waals surface area contributed by atoms with Crippen molar-refractivity contribution in [2.24, 2.45) is 5.14 Å². The minimum atomic E-state index is -3.92. The first-order chi connectivity index (χ1) is 12.8. The van der Waals surface area contributed by atoms with Gasteiger partial charge in [0.05, 0.1) is 22.0 Å². The van der Waals surface area contributed by atoms with Gasteiger partial charge in [-0.2, -0.15) is 0 Å². The molecule has 0 saturated carbocycles. The molecule has 0 atom stereocenters. The van der Waals surface area contributed by atoms with Gasteiger partial charge in [0.1, 0.15) is 0 Å². The molecule has 0 bridgehead atoms. The van der Waals surface area contributed by atoms with Crippen molar-refractivity contribution in [1.29, 1.82) is 0 Å². The molecule has 0 amide bonds. The van der Waals surface area contributed by atoms with Gasteiger partial charge in [0, 0.05) is 0 Å². The molecule has 0 unspecified atom stereocenters. The molecule has 0 fully saturated rings. The molecule has 8 heteroatoms. The topological polar surface area (TPSA) is 97.5 Å². The SMILES string of the molecule is NS(=O)(=O)c1ccc(S(=O)(=O)N(Cc2ccccc2)c2ccccc2)cc1. The van der Waals surface area contributed by atoms with Crippen molar-refractivity contribution in [2.75, 3.05) is 4.31 Å². The van der Waals surface area contributed by atoms with Crippen LogP contribution in [0.2, 0.25) is 0 Å². The van der Waals surface area contributed by atoms with E-state index in [0.29, 0.717) is 5.69 Å². The van der Waals surface area contributed by atoms with E-state index in [1.165, 1.54) is 28.6 Å². The minimum Gasteiger partial charge on any atom is -0.262 e. The molecule has 0 radical (unpaired) electrons. The Hall–Kier alpha value is -2.68. The summed E-state index contributed by atoms with van der Waals surface area (Å²) in [5.74, 6) is 0. The summed E-state index contributed by atoms with van der Waals surface area (Å²) >= 11 is 0. The highest BCUT2D eigenvalue weighted by Crippen LogP contribution is 2.26. The third-order valence-corrected chi connectivity index (χ3v) is 6.67. The molecule has 27 heavy (non-hydrogen) atoms. The largest absolute Gasteiger partial charge is 0.264 e. The number of nitrogens with zero attached hydrogens (tertiary/aromatic N) is 1. The lowest BCUT2D eigenvalue weighted by Crippen LogP contribution is -2.30. The molecule has 3 aromatic carbocycles. The van der Waals surface area contributed by atoms with Gasteiger partial charge >= 0.3 is 0 Å². The van der Waals surface area contributed by atoms with Crippen molar-refractivity contribution < 1.29 is 16.8 Å². The molecular formula is C19H18N2O4S2. The van der Waals surface area contributed by atoms with Gasteiger partial charge in [-0.15, -0.1) is 0 Å². The van der Waals surface area contributed by atoms with Crippen LogP contribution in [0.3, 0.4) is 0 Å². The summed E-state index contributed by atoms with van der Waals surface area (Å²) in [5.41, 5.74) is 1.34. The Morgan fingerprint density at radius 3 is 1.67 bits per heavy atom. The van der Waals surface area contributed by atoms with Crippen molar-refractivity contribution >= 4 is 25.7 Å². The zero-order chi connectivity index (χ0) is 19.5. The summed E-state index contributed by atoms with van der Waals surface area (Å²) in [5, 5.41) is 5.08. The van der Waals surface area contributed by atoms with Crippen LogP contribution in [0.1, 0.15) is 5.56 Å². The molecule has 140 valence electrons. The lowest BCUT2D eigenvalue weighted by Gasteiger charge is -2.24. The quantitative estimate of drug-likeness (QED) is 0.685. The Kier molecular flexibility index (Phi) is 5.31. The van der Waals surface area contributed by atoms with Crippen LogP contribution in [-0.4, -0.2) is 16.8 Å². The third kappa shape index (κ3) is 4.36. The van der Waals surface area contributed by atoms with Gasteiger partial charge in [0.25, 0.3) is 10.0 Å². The normalized spacial score (nSPS) is 11.9. The van der Waals surface area contributed by atoms with Gasteiger partial charge in [-0.05, 0) is 42.0 Å². The minimum absolute atomic E-state index is 0.0188. The summed E-state index contributed by atoms with van der Waals surface area (Å²) in [6, 6.07) is 22.8. The van der Waals surface area contributed by atoms with Crippen molar-refractivity contribution in [3.63, 3.8) is 0 Å². The number of primary sulfonamides is 1. The molecule has 0 aliphatic carbocycles. The smallest absolute Gasteiger partial charge is 0.262 e. The molecule has 0 saturated heterocycles. The molecule has 3 rings (SSSR count). The van der Waals surface area contributed by atoms with Crippen LogP contribution in [0.25, 0.3) is 0 Å². The van der Waals surface area contributed by atoms with E-state index in [1.54, 1.807) is 30.3 Å². The molecule has 0 aliphatic rings. The first kappa shape index (κ1) is 19.1. The van der Waals surface area contributed by atoms with E-state index in [9.17, 15) is 16.8 Å². The van der Waals surface area contributed by atoms with E-state index < -0.39 is 20.0 Å². The van der Waals surface area contributed by atoms with E-state index in [0.717, 1.165) is 5.56 Å². The van der Waals surface area contributed by atoms with Gasteiger partial charge in [-0.3, -0.25) is 4.31 Å². The molecule has 2 N–H and O–H groups in total. The molecule has 6 nitrogen and oxygen atoms in total. The van der Waals surface area contributed by atoms with Gasteiger partial charge < -0.3 is 0 Å². The Bertz CT molecular complexity index is 1110. The number of rotatable bonds is 6. The van der Waals surface area contributed by atoms with Crippen LogP contribution in [0.5, 0.6) is 0 Å². The monoisotopic (exact) mass is 402 g/mol. The standard InChI is InChI=1S/C19H18N2O4S2/c20-26(22,23)18-11-13-19(14-12-18)27(24,25)21(17-9-5-2-6-10-17)15-16-7-3-1-4-8-16/h1-14H,15H2,(H2,20,22,23). The van der Waals surface area contributed by atoms with Gasteiger partial charge in [-0.1, -0.05) is 48.5 Å². The second kappa shape index (κ2) is 7.51. The Balaban J connectivity index is 2.05. The third-order valence-electron chi connectivity index (χ3n) is 3.95. The fourth-order valence-corrected chi connectivity index (χ4v) is 4.56. The highest BCUT2D eigenvalue weighted by atomic mass is 32.2. The van der Waals surface area contributed by atoms with Crippen molar-refractivity contribution in [3.05, 3.63) is 90.5 Å². The van der Waals surface area contributed by atoms with E-state index in [1.807, 2.05) is 30.3 Å². The maximum absolute atomic E-state index is 13.2. The van der Waals surface area contributed by atoms with Gasteiger partial charge in [0.2, 0.25) is 10.0 Å². The Morgan fingerprint density at radius 1 is 0.667 bits per heavy atom. The summed E-state index contributed by atoms with van der Waals surface area (Å²) in [6.07, 6.45) is 0. The number of anilines is 1. The number of hydrogen-bond donors (Lipinski definition) is 1. The van der Waals surface area contributed by atoms with Crippen LogP contribution in [0.4, 0.5) is 5.69 Å². The lowest BCUT2D eigenvalue weighted by atomic mass is 10.2. The second-order valence-electron chi connectivity index (χ2n) is 5.85. The van der Waals surface area contributed by atoms with Crippen molar-refractivity contribution in [3.8, 4) is 0 Å². The zero-order valence-corrected chi connectivity index (χ0v) is 15.9. The fraction of sp³-hybridized carbons (Fsp3) is 0.0526. The van der Waals surface area contributed by atoms with Crippen molar-refractivity contribution in [1.82, 2.24) is 0 Å². The van der Waals surface area contributed by atoms with E-state index in [-0.39, 0.29) is 16.3 Å². The average molecular weight is 402 g/mol. The number of hydrogen-bond acceptors (Lipinski definition) is 4. The summed E-state index contributed by atoms with van der Waals surface area (Å²) in [7, 11) is -7.81. The molecule has 0 heterocycles. The molecular weight excluding hydrogens is 384 g/mol. The van der Waals surface area contributed by atoms with Crippen LogP contribution in [0, 0.1) is 0 Å². The van der Waals surface area contributed by atoms with Crippen LogP contribution >= 0.6 is 0 Å². The van der Waals surface area contributed by atoms with E-state index in [2.05, 4.69) is 0 Å². The number of nitrogens with two attached hydrogens (primary N) is 1. The number of sulfonamides is 2. The Morgan fingerprint density at radius 2 is 1.15 bits per heavy atom. The van der Waals surface area contributed by atoms with E-state index >= 15 is 0 Å². The summed E-state index contributed by atoms with van der Waals surface area (Å²) in [6.45, 7) is 0.143. The lowest BCUT2D eigenvalue weighted by molar-refractivity contribution is 0.588. The molecule has 3 aromatic rings. The second-order valence-corrected chi connectivity index (χ2v) is 9.27. The predicted molar refractivity (Wildman–Crippen MR) is 104 cm³/mol. The number of benzene rings is 3. The number of para-hydroxylation sites is 1. The first-order valence-electron chi connectivity index (χ1n) is 8.03. The maximum atomic E-state index is 13.2. The molecule has 0 spiro atoms. The van der Waals surface area contributed by atoms with Crippen molar-refractivity contribution in [2.45, 2.75) is 16.3 Å². The zero-order valence-electron chi connectivity index (χ0n) is 14.3. The van der Waals surface area contributed by atoms with Gasteiger partial charge in [0.15, 0.2) is 0 Å². The van der Waals surface area contributed by atoms with E-state index in [4.69, 9.17) is 5.14 Å².